The van der Waals surface area contributed by atoms with Crippen molar-refractivity contribution in [3.05, 3.63) is 12.2 Å². The Morgan fingerprint density at radius 3 is 2.50 bits per heavy atom. The van der Waals surface area contributed by atoms with Gasteiger partial charge in [-0.1, -0.05) is 12.2 Å². The van der Waals surface area contributed by atoms with Crippen molar-refractivity contribution in [2.45, 2.75) is 18.9 Å². The number of carboxylic acid groups (broad SMARTS) is 1. The van der Waals surface area contributed by atoms with Crippen LogP contribution < -0.4 is 5.32 Å². The van der Waals surface area contributed by atoms with E-state index in [2.05, 4.69) is 5.32 Å². The quantitative estimate of drug-likeness (QED) is 0.572. The predicted octanol–water partition coefficient (Wildman–Crippen LogP) is -0.223. The van der Waals surface area contributed by atoms with Crippen LogP contribution in [0, 0.1) is 11.8 Å². The van der Waals surface area contributed by atoms with E-state index in [4.69, 9.17) is 14.9 Å². The molecule has 6 heteroatoms. The molecule has 6 nitrogen and oxygen atoms in total. The van der Waals surface area contributed by atoms with Gasteiger partial charge in [-0.25, -0.2) is 0 Å². The Labute approximate surface area is 106 Å². The monoisotopic (exact) mass is 257 g/mol. The van der Waals surface area contributed by atoms with Gasteiger partial charge in [-0.2, -0.15) is 0 Å². The fourth-order valence-corrected chi connectivity index (χ4v) is 2.03. The van der Waals surface area contributed by atoms with Crippen molar-refractivity contribution in [3.8, 4) is 0 Å². The van der Waals surface area contributed by atoms with Crippen molar-refractivity contribution in [1.82, 2.24) is 5.32 Å². The first-order chi connectivity index (χ1) is 8.60. The molecule has 0 aromatic carbocycles. The number of rotatable bonds is 6. The first-order valence-corrected chi connectivity index (χ1v) is 5.88. The van der Waals surface area contributed by atoms with Crippen LogP contribution in [0.2, 0.25) is 0 Å². The molecule has 0 heterocycles. The number of ether oxygens (including phenoxy) is 1. The number of methoxy groups -OCH3 is 1. The minimum atomic E-state index is -0.966. The van der Waals surface area contributed by atoms with Gasteiger partial charge in [0.15, 0.2) is 0 Å². The van der Waals surface area contributed by atoms with Gasteiger partial charge in [0.05, 0.1) is 31.1 Å². The minimum absolute atomic E-state index is 0.197. The zero-order chi connectivity index (χ0) is 13.5. The van der Waals surface area contributed by atoms with Crippen molar-refractivity contribution in [2.24, 2.45) is 11.8 Å². The van der Waals surface area contributed by atoms with E-state index in [1.165, 1.54) is 7.11 Å². The maximum absolute atomic E-state index is 12.0. The third-order valence-corrected chi connectivity index (χ3v) is 3.02. The molecule has 0 radical (unpaired) electrons. The molecule has 0 saturated heterocycles. The highest BCUT2D eigenvalue weighted by atomic mass is 16.5. The second kappa shape index (κ2) is 7.13. The van der Waals surface area contributed by atoms with Crippen LogP contribution in [0.1, 0.15) is 12.8 Å². The number of nitrogens with one attached hydrogen (secondary N) is 1. The Bertz CT molecular complexity index is 328. The molecule has 0 bridgehead atoms. The number of carbonyl (C=O) groups excluding carboxylic acids is 1. The Kier molecular flexibility index (Phi) is 5.80. The Balaban J connectivity index is 2.63. The molecule has 0 fully saturated rings. The summed E-state index contributed by atoms with van der Waals surface area (Å²) in [6, 6.07) is -0.497. The molecule has 0 spiro atoms. The van der Waals surface area contributed by atoms with Gasteiger partial charge in [-0.3, -0.25) is 9.59 Å². The number of hydrogen-bond donors (Lipinski definition) is 3. The van der Waals surface area contributed by atoms with Gasteiger partial charge >= 0.3 is 5.97 Å². The number of amides is 1. The average molecular weight is 257 g/mol. The zero-order valence-electron chi connectivity index (χ0n) is 10.3. The van der Waals surface area contributed by atoms with E-state index in [-0.39, 0.29) is 19.1 Å². The summed E-state index contributed by atoms with van der Waals surface area (Å²) in [5, 5.41) is 20.7. The number of aliphatic carboxylic acids is 1. The molecule has 3 N–H and O–H groups in total. The number of carboxylic acids is 1. The van der Waals surface area contributed by atoms with Gasteiger partial charge in [0.25, 0.3) is 0 Å². The normalized spacial score (nSPS) is 24.6. The van der Waals surface area contributed by atoms with Crippen LogP contribution in [0.15, 0.2) is 12.2 Å². The number of hydrogen-bond acceptors (Lipinski definition) is 4. The average Bonchev–Trinajstić information content (AvgIpc) is 2.38. The van der Waals surface area contributed by atoms with Gasteiger partial charge in [0.2, 0.25) is 5.91 Å². The first kappa shape index (κ1) is 14.7. The lowest BCUT2D eigenvalue weighted by atomic mass is 9.82. The number of allylic oxidation sites excluding steroid dienone is 2. The lowest BCUT2D eigenvalue weighted by Gasteiger charge is -2.26. The van der Waals surface area contributed by atoms with Gasteiger partial charge in [0.1, 0.15) is 0 Å². The van der Waals surface area contributed by atoms with Crippen molar-refractivity contribution in [3.63, 3.8) is 0 Å². The van der Waals surface area contributed by atoms with E-state index in [0.29, 0.717) is 12.8 Å². The largest absolute Gasteiger partial charge is 0.481 e. The molecule has 1 amide bonds. The number of aliphatic hydroxyl groups is 1. The standard InChI is InChI=1S/C12H19NO5/c1-18-7-8(6-14)13-11(15)9-4-2-3-5-10(9)12(16)17/h2-3,8-10,14H,4-7H2,1H3,(H,13,15)(H,16,17)/t8?,9-,10+/m1/s1. The third kappa shape index (κ3) is 3.82. The smallest absolute Gasteiger partial charge is 0.307 e. The van der Waals surface area contributed by atoms with E-state index in [1.807, 2.05) is 6.08 Å². The molecule has 1 aliphatic carbocycles. The van der Waals surface area contributed by atoms with Gasteiger partial charge in [0, 0.05) is 7.11 Å². The lowest BCUT2D eigenvalue weighted by Crippen LogP contribution is -2.46. The van der Waals surface area contributed by atoms with Crippen LogP contribution in [-0.4, -0.2) is 48.5 Å². The number of carbonyl (C=O) groups is 2. The molecule has 102 valence electrons. The molecule has 3 atom stereocenters. The Morgan fingerprint density at radius 1 is 1.39 bits per heavy atom. The van der Waals surface area contributed by atoms with Crippen LogP contribution in [-0.2, 0) is 14.3 Å². The van der Waals surface area contributed by atoms with E-state index in [9.17, 15) is 9.59 Å². The molecule has 18 heavy (non-hydrogen) atoms. The van der Waals surface area contributed by atoms with Crippen LogP contribution in [0.4, 0.5) is 0 Å². The van der Waals surface area contributed by atoms with E-state index >= 15 is 0 Å². The second-order valence-corrected chi connectivity index (χ2v) is 4.34. The summed E-state index contributed by atoms with van der Waals surface area (Å²) in [7, 11) is 1.47. The van der Waals surface area contributed by atoms with E-state index in [0.717, 1.165) is 0 Å². The van der Waals surface area contributed by atoms with Crippen LogP contribution >= 0.6 is 0 Å². The molecular weight excluding hydrogens is 238 g/mol. The summed E-state index contributed by atoms with van der Waals surface area (Å²) < 4.78 is 4.85. The van der Waals surface area contributed by atoms with Crippen molar-refractivity contribution < 1.29 is 24.5 Å². The molecule has 0 aliphatic heterocycles. The topological polar surface area (TPSA) is 95.9 Å². The molecule has 1 unspecified atom stereocenters. The summed E-state index contributed by atoms with van der Waals surface area (Å²) in [6.07, 6.45) is 4.37. The van der Waals surface area contributed by atoms with E-state index in [1.54, 1.807) is 6.08 Å². The summed E-state index contributed by atoms with van der Waals surface area (Å²) in [5.41, 5.74) is 0. The van der Waals surface area contributed by atoms with Crippen molar-refractivity contribution in [2.75, 3.05) is 20.3 Å². The summed E-state index contributed by atoms with van der Waals surface area (Å²) >= 11 is 0. The van der Waals surface area contributed by atoms with Crippen molar-refractivity contribution >= 4 is 11.9 Å². The Hall–Kier alpha value is -1.40. The zero-order valence-corrected chi connectivity index (χ0v) is 10.3. The molecule has 1 rings (SSSR count). The predicted molar refractivity (Wildman–Crippen MR) is 63.9 cm³/mol. The van der Waals surface area contributed by atoms with E-state index < -0.39 is 23.8 Å². The summed E-state index contributed by atoms with van der Waals surface area (Å²) in [5.74, 6) is -2.59. The molecular formula is C12H19NO5. The molecule has 0 aromatic rings. The van der Waals surface area contributed by atoms with Gasteiger partial charge < -0.3 is 20.3 Å². The number of aliphatic hydroxyl groups excluding tert-OH is 1. The first-order valence-electron chi connectivity index (χ1n) is 5.88. The molecule has 1 aliphatic rings. The van der Waals surface area contributed by atoms with Crippen LogP contribution in [0.5, 0.6) is 0 Å². The maximum Gasteiger partial charge on any atom is 0.307 e. The Morgan fingerprint density at radius 2 is 2.00 bits per heavy atom. The SMILES string of the molecule is COCC(CO)NC(=O)[C@@H]1CC=CC[C@@H]1C(=O)O. The van der Waals surface area contributed by atoms with Gasteiger partial charge in [-0.05, 0) is 12.8 Å². The highest BCUT2D eigenvalue weighted by Crippen LogP contribution is 2.26. The fourth-order valence-electron chi connectivity index (χ4n) is 2.03. The fraction of sp³-hybridized carbons (Fsp3) is 0.667. The van der Waals surface area contributed by atoms with Gasteiger partial charge in [-0.15, -0.1) is 0 Å². The maximum atomic E-state index is 12.0. The molecule has 0 saturated carbocycles. The second-order valence-electron chi connectivity index (χ2n) is 4.34. The minimum Gasteiger partial charge on any atom is -0.481 e. The summed E-state index contributed by atoms with van der Waals surface area (Å²) in [6.45, 7) is -0.0393. The van der Waals surface area contributed by atoms with Crippen LogP contribution in [0.25, 0.3) is 0 Å². The highest BCUT2D eigenvalue weighted by Gasteiger charge is 2.34. The van der Waals surface area contributed by atoms with Crippen LogP contribution in [0.3, 0.4) is 0 Å². The molecule has 0 aromatic heterocycles. The van der Waals surface area contributed by atoms with Crippen molar-refractivity contribution in [1.29, 1.82) is 0 Å². The lowest BCUT2D eigenvalue weighted by molar-refractivity contribution is -0.147. The summed E-state index contributed by atoms with van der Waals surface area (Å²) in [4.78, 5) is 23.0. The highest BCUT2D eigenvalue weighted by molar-refractivity contribution is 5.85. The third-order valence-electron chi connectivity index (χ3n) is 3.02.